The first kappa shape index (κ1) is 30.1. The molecule has 9 nitrogen and oxygen atoms in total. The Labute approximate surface area is 262 Å². The number of fused-ring (bicyclic) bond motifs is 4. The average molecular weight is 607 g/mol. The number of aromatic amines is 1. The number of piperidine rings is 1. The average Bonchev–Trinajstić information content (AvgIpc) is 3.37. The van der Waals surface area contributed by atoms with Gasteiger partial charge >= 0.3 is 6.09 Å². The molecule has 3 aromatic carbocycles. The fourth-order valence-corrected chi connectivity index (χ4v) is 6.79. The summed E-state index contributed by atoms with van der Waals surface area (Å²) >= 11 is 0. The van der Waals surface area contributed by atoms with E-state index >= 15 is 0 Å². The summed E-state index contributed by atoms with van der Waals surface area (Å²) in [5.41, 5.74) is 7.06. The fourth-order valence-electron chi connectivity index (χ4n) is 6.79. The van der Waals surface area contributed by atoms with E-state index in [1.807, 2.05) is 54.3 Å². The number of carbonyl (C=O) groups is 3. The van der Waals surface area contributed by atoms with Crippen molar-refractivity contribution in [3.05, 3.63) is 105 Å². The lowest BCUT2D eigenvalue weighted by Crippen LogP contribution is -2.43. The number of nitrogens with one attached hydrogen (secondary N) is 3. The number of ether oxygens (including phenoxy) is 1. The van der Waals surface area contributed by atoms with E-state index in [2.05, 4.69) is 39.9 Å². The molecule has 1 aliphatic carbocycles. The number of rotatable bonds is 8. The van der Waals surface area contributed by atoms with Gasteiger partial charge in [0, 0.05) is 49.6 Å². The second kappa shape index (κ2) is 13.0. The molecular formula is C36H38N4O5. The van der Waals surface area contributed by atoms with Crippen molar-refractivity contribution in [2.75, 3.05) is 26.7 Å². The molecule has 1 fully saturated rings. The minimum atomic E-state index is -0.919. The number of H-pyrrole nitrogens is 1. The van der Waals surface area contributed by atoms with Crippen molar-refractivity contribution >= 4 is 28.8 Å². The third kappa shape index (κ3) is 6.48. The topological polar surface area (TPSA) is 121 Å². The summed E-state index contributed by atoms with van der Waals surface area (Å²) in [7, 11) is 1.54. The third-order valence-corrected chi connectivity index (χ3v) is 9.19. The lowest BCUT2D eigenvalue weighted by atomic mass is 9.90. The van der Waals surface area contributed by atoms with Crippen molar-refractivity contribution in [1.82, 2.24) is 20.5 Å². The van der Waals surface area contributed by atoms with Gasteiger partial charge in [-0.1, -0.05) is 54.6 Å². The van der Waals surface area contributed by atoms with Crippen LogP contribution in [0.1, 0.15) is 47.4 Å². The van der Waals surface area contributed by atoms with Crippen molar-refractivity contribution in [3.63, 3.8) is 0 Å². The van der Waals surface area contributed by atoms with Crippen molar-refractivity contribution in [3.8, 4) is 11.1 Å². The minimum Gasteiger partial charge on any atom is -0.436 e. The molecule has 2 heterocycles. The van der Waals surface area contributed by atoms with Crippen LogP contribution >= 0.6 is 0 Å². The summed E-state index contributed by atoms with van der Waals surface area (Å²) in [5.74, 6) is -0.151. The zero-order valence-corrected chi connectivity index (χ0v) is 25.6. The monoisotopic (exact) mass is 606 g/mol. The minimum absolute atomic E-state index is 0.00734. The number of alkyl carbamates (subject to hydrolysis) is 1. The van der Waals surface area contributed by atoms with Crippen LogP contribution < -0.4 is 16.2 Å². The van der Waals surface area contributed by atoms with Crippen LogP contribution in [0.15, 0.2) is 77.6 Å². The highest BCUT2D eigenvalue weighted by Gasteiger charge is 2.32. The van der Waals surface area contributed by atoms with E-state index < -0.39 is 12.2 Å². The number of nitrogens with zero attached hydrogens (tertiary/aromatic N) is 1. The molecule has 1 aliphatic heterocycles. The zero-order chi connectivity index (χ0) is 31.5. The molecule has 0 radical (unpaired) electrons. The Kier molecular flexibility index (Phi) is 8.69. The van der Waals surface area contributed by atoms with Gasteiger partial charge in [-0.3, -0.25) is 14.4 Å². The number of pyridine rings is 1. The van der Waals surface area contributed by atoms with Gasteiger partial charge in [0.1, 0.15) is 0 Å². The zero-order valence-electron chi connectivity index (χ0n) is 25.6. The molecule has 6 rings (SSSR count). The highest BCUT2D eigenvalue weighted by atomic mass is 16.6. The van der Waals surface area contributed by atoms with Crippen molar-refractivity contribution < 1.29 is 19.1 Å². The molecule has 3 N–H and O–H groups in total. The molecule has 4 aromatic rings. The number of likely N-dealkylation sites (N-methyl/N-ethyl adjacent to an activating group) is 1. The van der Waals surface area contributed by atoms with Gasteiger partial charge in [-0.05, 0) is 77.6 Å². The predicted octanol–water partition coefficient (Wildman–Crippen LogP) is 4.66. The lowest BCUT2D eigenvalue weighted by Gasteiger charge is -2.33. The van der Waals surface area contributed by atoms with E-state index in [4.69, 9.17) is 4.74 Å². The SMILES string of the molecule is CNC(=O)C(CC1CCN(C(=O)Cc2ccc3[nH]c(=O)cc(C)c3c2)CC1)OC(=O)NCC1c2ccccc2-c2ccccc21. The first-order valence-electron chi connectivity index (χ1n) is 15.6. The second-order valence-corrected chi connectivity index (χ2v) is 12.0. The number of likely N-dealkylation sites (tertiary alicyclic amines) is 1. The molecule has 0 bridgehead atoms. The van der Waals surface area contributed by atoms with Crippen LogP contribution in [0.5, 0.6) is 0 Å². The number of hydrogen-bond acceptors (Lipinski definition) is 5. The molecule has 45 heavy (non-hydrogen) atoms. The Morgan fingerprint density at radius 3 is 2.29 bits per heavy atom. The first-order chi connectivity index (χ1) is 21.8. The predicted molar refractivity (Wildman–Crippen MR) is 173 cm³/mol. The standard InChI is InChI=1S/C36H38N4O5/c1-22-17-33(41)39-31-12-11-24(18-29(22)31)20-34(42)40-15-13-23(14-16-40)19-32(35(43)37-2)45-36(44)38-21-30-27-9-5-3-7-25(27)26-8-4-6-10-28(26)30/h3-12,17-18,23,30,32H,13-16,19-21H2,1-2H3,(H,37,43)(H,38,44)(H,39,41). The molecule has 1 atom stereocenters. The van der Waals surface area contributed by atoms with Crippen molar-refractivity contribution in [1.29, 1.82) is 0 Å². The summed E-state index contributed by atoms with van der Waals surface area (Å²) in [4.78, 5) is 55.3. The maximum atomic E-state index is 13.1. The molecule has 0 spiro atoms. The molecule has 9 heteroatoms. The molecule has 2 aliphatic rings. The van der Waals surface area contributed by atoms with E-state index in [1.54, 1.807) is 6.07 Å². The third-order valence-electron chi connectivity index (χ3n) is 9.19. The Hall–Kier alpha value is -4.92. The Morgan fingerprint density at radius 1 is 0.956 bits per heavy atom. The van der Waals surface area contributed by atoms with Crippen LogP contribution in [0.4, 0.5) is 4.79 Å². The Balaban J connectivity index is 1.02. The number of carbonyl (C=O) groups excluding carboxylic acids is 3. The first-order valence-corrected chi connectivity index (χ1v) is 15.6. The number of benzene rings is 3. The van der Waals surface area contributed by atoms with Gasteiger partial charge in [-0.15, -0.1) is 0 Å². The largest absolute Gasteiger partial charge is 0.436 e. The Bertz CT molecular complexity index is 1760. The Morgan fingerprint density at radius 2 is 1.62 bits per heavy atom. The normalized spacial score (nSPS) is 15.3. The van der Waals surface area contributed by atoms with Gasteiger partial charge in [0.2, 0.25) is 11.5 Å². The van der Waals surface area contributed by atoms with E-state index in [1.165, 1.54) is 18.2 Å². The quantitative estimate of drug-likeness (QED) is 0.270. The van der Waals surface area contributed by atoms with Crippen molar-refractivity contribution in [2.24, 2.45) is 5.92 Å². The molecule has 0 saturated carbocycles. The highest BCUT2D eigenvalue weighted by molar-refractivity contribution is 5.85. The summed E-state index contributed by atoms with van der Waals surface area (Å²) in [6.07, 6.45) is 0.576. The summed E-state index contributed by atoms with van der Waals surface area (Å²) in [5, 5.41) is 6.46. The fraction of sp³-hybridized carbons (Fsp3) is 0.333. The highest BCUT2D eigenvalue weighted by Crippen LogP contribution is 2.44. The molecule has 1 saturated heterocycles. The van der Waals surface area contributed by atoms with Crippen LogP contribution in [-0.2, 0) is 20.7 Å². The maximum Gasteiger partial charge on any atom is 0.407 e. The van der Waals surface area contributed by atoms with E-state index in [0.29, 0.717) is 26.1 Å². The van der Waals surface area contributed by atoms with Crippen LogP contribution in [0.2, 0.25) is 0 Å². The smallest absolute Gasteiger partial charge is 0.407 e. The van der Waals surface area contributed by atoms with Crippen LogP contribution in [-0.4, -0.2) is 60.6 Å². The molecular weight excluding hydrogens is 568 g/mol. The van der Waals surface area contributed by atoms with Crippen molar-refractivity contribution in [2.45, 2.75) is 44.6 Å². The van der Waals surface area contributed by atoms with Crippen LogP contribution in [0.25, 0.3) is 22.0 Å². The van der Waals surface area contributed by atoms with Gasteiger partial charge < -0.3 is 25.3 Å². The van der Waals surface area contributed by atoms with Gasteiger partial charge in [0.05, 0.1) is 6.42 Å². The number of hydrogen-bond donors (Lipinski definition) is 3. The van der Waals surface area contributed by atoms with E-state index in [9.17, 15) is 19.2 Å². The molecule has 1 unspecified atom stereocenters. The lowest BCUT2D eigenvalue weighted by molar-refractivity contribution is -0.133. The second-order valence-electron chi connectivity index (χ2n) is 12.0. The van der Waals surface area contributed by atoms with Crippen LogP contribution in [0.3, 0.4) is 0 Å². The van der Waals surface area contributed by atoms with E-state index in [-0.39, 0.29) is 35.6 Å². The van der Waals surface area contributed by atoms with Gasteiger partial charge in [-0.2, -0.15) is 0 Å². The van der Waals surface area contributed by atoms with Crippen LogP contribution in [0, 0.1) is 12.8 Å². The summed E-state index contributed by atoms with van der Waals surface area (Å²) in [6, 6.07) is 23.7. The van der Waals surface area contributed by atoms with Gasteiger partial charge in [0.15, 0.2) is 6.10 Å². The van der Waals surface area contributed by atoms with Gasteiger partial charge in [-0.25, -0.2) is 4.79 Å². The summed E-state index contributed by atoms with van der Waals surface area (Å²) in [6.45, 7) is 3.41. The number of aromatic nitrogens is 1. The number of aryl methyl sites for hydroxylation is 1. The number of amides is 3. The molecule has 3 amide bonds. The molecule has 232 valence electrons. The summed E-state index contributed by atoms with van der Waals surface area (Å²) < 4.78 is 5.68. The maximum absolute atomic E-state index is 13.1. The van der Waals surface area contributed by atoms with Gasteiger partial charge in [0.25, 0.3) is 5.91 Å². The molecule has 1 aromatic heterocycles. The van der Waals surface area contributed by atoms with E-state index in [0.717, 1.165) is 46.0 Å².